The van der Waals surface area contributed by atoms with Gasteiger partial charge in [-0.15, -0.1) is 11.3 Å². The summed E-state index contributed by atoms with van der Waals surface area (Å²) in [7, 11) is -5.69. The Morgan fingerprint density at radius 3 is 2.63 bits per heavy atom. The molecule has 0 fully saturated rings. The molecule has 0 atom stereocenters. The van der Waals surface area contributed by atoms with Crippen molar-refractivity contribution in [3.05, 3.63) is 23.2 Å². The van der Waals surface area contributed by atoms with Crippen molar-refractivity contribution in [1.82, 2.24) is 9.97 Å². The van der Waals surface area contributed by atoms with E-state index in [9.17, 15) is 21.6 Å². The number of nitrogens with zero attached hydrogens (tertiary/aromatic N) is 1. The summed E-state index contributed by atoms with van der Waals surface area (Å²) >= 11 is 1.02. The maximum atomic E-state index is 12.2. The third kappa shape index (κ3) is 2.73. The molecular formula is C9H7F3N2O3S2. The normalized spacial score (nSPS) is 12.6. The number of H-pyrrole nitrogens is 1. The van der Waals surface area contributed by atoms with E-state index in [1.54, 1.807) is 18.3 Å². The van der Waals surface area contributed by atoms with Crippen molar-refractivity contribution >= 4 is 21.5 Å². The number of alkyl halides is 3. The minimum absolute atomic E-state index is 0.234. The summed E-state index contributed by atoms with van der Waals surface area (Å²) in [4.78, 5) is 6.78. The van der Waals surface area contributed by atoms with Gasteiger partial charge in [-0.2, -0.15) is 26.6 Å². The SMILES string of the molecule is Cc1sc(-c2ccc[nH]2)nc1OS(=O)(=O)C(F)(F)F. The fourth-order valence-electron chi connectivity index (χ4n) is 1.19. The van der Waals surface area contributed by atoms with E-state index in [-0.39, 0.29) is 4.88 Å². The van der Waals surface area contributed by atoms with E-state index in [0.717, 1.165) is 11.3 Å². The quantitative estimate of drug-likeness (QED) is 0.698. The van der Waals surface area contributed by atoms with Crippen LogP contribution in [0.3, 0.4) is 0 Å². The third-order valence-electron chi connectivity index (χ3n) is 2.05. The standard InChI is InChI=1S/C9H7F3N2O3S2/c1-5-7(17-19(15,16)9(10,11)12)14-8(18-5)6-3-2-4-13-6/h2-4,13H,1H3. The topological polar surface area (TPSA) is 72.0 Å². The maximum Gasteiger partial charge on any atom is 0.534 e. The number of hydrogen-bond donors (Lipinski definition) is 1. The number of hydrogen-bond acceptors (Lipinski definition) is 5. The van der Waals surface area contributed by atoms with Gasteiger partial charge >= 0.3 is 15.6 Å². The zero-order valence-electron chi connectivity index (χ0n) is 9.35. The van der Waals surface area contributed by atoms with Crippen LogP contribution in [0.2, 0.25) is 0 Å². The number of aryl methyl sites for hydroxylation is 1. The highest BCUT2D eigenvalue weighted by Crippen LogP contribution is 2.34. The molecule has 0 unspecified atom stereocenters. The van der Waals surface area contributed by atoms with Crippen molar-refractivity contribution in [3.8, 4) is 16.6 Å². The van der Waals surface area contributed by atoms with Crippen molar-refractivity contribution in [2.45, 2.75) is 12.4 Å². The van der Waals surface area contributed by atoms with E-state index in [4.69, 9.17) is 0 Å². The smallest absolute Gasteiger partial charge is 0.359 e. The van der Waals surface area contributed by atoms with Crippen molar-refractivity contribution in [3.63, 3.8) is 0 Å². The van der Waals surface area contributed by atoms with Crippen LogP contribution in [0.25, 0.3) is 10.7 Å². The Hall–Kier alpha value is -1.55. The molecule has 104 valence electrons. The molecule has 0 saturated carbocycles. The summed E-state index contributed by atoms with van der Waals surface area (Å²) in [6.45, 7) is 1.42. The lowest BCUT2D eigenvalue weighted by Crippen LogP contribution is -2.28. The molecule has 0 aliphatic carbocycles. The number of halogens is 3. The van der Waals surface area contributed by atoms with Crippen molar-refractivity contribution in [2.24, 2.45) is 0 Å². The highest BCUT2D eigenvalue weighted by molar-refractivity contribution is 7.88. The van der Waals surface area contributed by atoms with Crippen LogP contribution in [0.15, 0.2) is 18.3 Å². The summed E-state index contributed by atoms with van der Waals surface area (Å²) < 4.78 is 62.3. The van der Waals surface area contributed by atoms with E-state index >= 15 is 0 Å². The van der Waals surface area contributed by atoms with Gasteiger partial charge in [0.05, 0.1) is 10.6 Å². The summed E-state index contributed by atoms with van der Waals surface area (Å²) in [5.74, 6) is -0.563. The number of thiazole rings is 1. The van der Waals surface area contributed by atoms with Crippen LogP contribution in [-0.2, 0) is 10.1 Å². The molecule has 0 saturated heterocycles. The molecule has 0 aromatic carbocycles. The molecule has 0 radical (unpaired) electrons. The summed E-state index contributed by atoms with van der Waals surface area (Å²) in [6, 6.07) is 3.33. The fraction of sp³-hybridized carbons (Fsp3) is 0.222. The Kier molecular flexibility index (Phi) is 3.31. The van der Waals surface area contributed by atoms with Crippen LogP contribution in [0, 0.1) is 6.92 Å². The predicted octanol–water partition coefficient (Wildman–Crippen LogP) is 2.68. The minimum atomic E-state index is -5.69. The average Bonchev–Trinajstić information content (AvgIpc) is 2.86. The number of rotatable bonds is 3. The number of nitrogens with one attached hydrogen (secondary N) is 1. The first-order valence-electron chi connectivity index (χ1n) is 4.82. The maximum absolute atomic E-state index is 12.2. The van der Waals surface area contributed by atoms with Crippen LogP contribution in [0.1, 0.15) is 4.88 Å². The van der Waals surface area contributed by atoms with Crippen LogP contribution in [-0.4, -0.2) is 23.9 Å². The molecule has 0 aliphatic heterocycles. The van der Waals surface area contributed by atoms with Crippen LogP contribution in [0.5, 0.6) is 5.88 Å². The Bertz CT molecular complexity index is 674. The molecule has 10 heteroatoms. The largest absolute Gasteiger partial charge is 0.534 e. The fourth-order valence-corrected chi connectivity index (χ4v) is 2.54. The lowest BCUT2D eigenvalue weighted by atomic mass is 10.4. The van der Waals surface area contributed by atoms with Gasteiger partial charge in [0.25, 0.3) is 0 Å². The Morgan fingerprint density at radius 2 is 2.11 bits per heavy atom. The van der Waals surface area contributed by atoms with Gasteiger partial charge in [-0.05, 0) is 19.1 Å². The van der Waals surface area contributed by atoms with E-state index in [0.29, 0.717) is 10.7 Å². The number of aromatic nitrogens is 2. The first-order chi connectivity index (χ1) is 8.71. The van der Waals surface area contributed by atoms with Crippen molar-refractivity contribution in [2.75, 3.05) is 0 Å². The molecular weight excluding hydrogens is 305 g/mol. The average molecular weight is 312 g/mol. The Balaban J connectivity index is 2.33. The molecule has 0 bridgehead atoms. The molecule has 5 nitrogen and oxygen atoms in total. The van der Waals surface area contributed by atoms with Gasteiger partial charge < -0.3 is 9.17 Å². The van der Waals surface area contributed by atoms with Gasteiger partial charge in [-0.3, -0.25) is 0 Å². The molecule has 1 N–H and O–H groups in total. The molecule has 2 aromatic heterocycles. The summed E-state index contributed by atoms with van der Waals surface area (Å²) in [5.41, 5.74) is -4.91. The van der Waals surface area contributed by atoms with Crippen LogP contribution < -0.4 is 4.18 Å². The minimum Gasteiger partial charge on any atom is -0.359 e. The second-order valence-electron chi connectivity index (χ2n) is 3.45. The second-order valence-corrected chi connectivity index (χ2v) is 6.19. The second kappa shape index (κ2) is 4.53. The van der Waals surface area contributed by atoms with Gasteiger partial charge in [0.2, 0.25) is 5.88 Å². The van der Waals surface area contributed by atoms with E-state index in [1.165, 1.54) is 6.92 Å². The molecule has 0 amide bonds. The van der Waals surface area contributed by atoms with Gasteiger partial charge in [0.15, 0.2) is 0 Å². The Labute approximate surface area is 110 Å². The van der Waals surface area contributed by atoms with E-state index in [1.807, 2.05) is 0 Å². The number of aromatic amines is 1. The molecule has 2 heterocycles. The van der Waals surface area contributed by atoms with E-state index in [2.05, 4.69) is 14.2 Å². The lowest BCUT2D eigenvalue weighted by Gasteiger charge is -2.07. The highest BCUT2D eigenvalue weighted by atomic mass is 32.2. The summed E-state index contributed by atoms with van der Waals surface area (Å²) in [5, 5.41) is 0.342. The molecule has 2 aromatic rings. The predicted molar refractivity (Wildman–Crippen MR) is 62.2 cm³/mol. The van der Waals surface area contributed by atoms with Crippen molar-refractivity contribution < 1.29 is 25.8 Å². The van der Waals surface area contributed by atoms with Gasteiger partial charge in [-0.25, -0.2) is 0 Å². The third-order valence-corrected chi connectivity index (χ3v) is 3.98. The first kappa shape index (κ1) is 13.9. The molecule has 2 rings (SSSR count). The van der Waals surface area contributed by atoms with Crippen LogP contribution >= 0.6 is 11.3 Å². The summed E-state index contributed by atoms with van der Waals surface area (Å²) in [6.07, 6.45) is 1.61. The molecule has 19 heavy (non-hydrogen) atoms. The zero-order chi connectivity index (χ0) is 14.3. The Morgan fingerprint density at radius 1 is 1.42 bits per heavy atom. The monoisotopic (exact) mass is 312 g/mol. The molecule has 0 aliphatic rings. The van der Waals surface area contributed by atoms with Gasteiger partial charge in [-0.1, -0.05) is 0 Å². The first-order valence-corrected chi connectivity index (χ1v) is 7.05. The van der Waals surface area contributed by atoms with Gasteiger partial charge in [0, 0.05) is 6.20 Å². The highest BCUT2D eigenvalue weighted by Gasteiger charge is 2.49. The molecule has 0 spiro atoms. The van der Waals surface area contributed by atoms with Crippen LogP contribution in [0.4, 0.5) is 13.2 Å². The zero-order valence-corrected chi connectivity index (χ0v) is 11.0. The van der Waals surface area contributed by atoms with Crippen molar-refractivity contribution in [1.29, 1.82) is 0 Å². The lowest BCUT2D eigenvalue weighted by molar-refractivity contribution is -0.0501. The van der Waals surface area contributed by atoms with E-state index < -0.39 is 21.5 Å². The van der Waals surface area contributed by atoms with Gasteiger partial charge in [0.1, 0.15) is 5.01 Å².